The zero-order valence-corrected chi connectivity index (χ0v) is 15.1. The topological polar surface area (TPSA) is 68.5 Å². The lowest BCUT2D eigenvalue weighted by molar-refractivity contribution is -0.124. The van der Waals surface area contributed by atoms with E-state index in [1.54, 1.807) is 12.1 Å². The highest BCUT2D eigenvalue weighted by Crippen LogP contribution is 2.40. The van der Waals surface area contributed by atoms with E-state index in [1.165, 1.54) is 6.07 Å². The molecule has 4 rings (SSSR count). The molecule has 0 spiro atoms. The first-order chi connectivity index (χ1) is 13.1. The third-order valence-corrected chi connectivity index (χ3v) is 4.86. The van der Waals surface area contributed by atoms with Crippen molar-refractivity contribution in [2.45, 2.75) is 25.8 Å². The van der Waals surface area contributed by atoms with Crippen molar-refractivity contribution >= 4 is 16.9 Å². The van der Waals surface area contributed by atoms with Crippen LogP contribution in [0.5, 0.6) is 5.75 Å². The van der Waals surface area contributed by atoms with Crippen LogP contribution in [0.4, 0.5) is 0 Å². The molecule has 27 heavy (non-hydrogen) atoms. The van der Waals surface area contributed by atoms with Crippen molar-refractivity contribution in [1.82, 2.24) is 5.32 Å². The van der Waals surface area contributed by atoms with Gasteiger partial charge in [-0.05, 0) is 48.9 Å². The third-order valence-electron chi connectivity index (χ3n) is 4.86. The van der Waals surface area contributed by atoms with Crippen molar-refractivity contribution in [3.63, 3.8) is 0 Å². The van der Waals surface area contributed by atoms with E-state index in [1.807, 2.05) is 43.3 Å². The summed E-state index contributed by atoms with van der Waals surface area (Å²) in [6, 6.07) is 16.8. The van der Waals surface area contributed by atoms with Crippen molar-refractivity contribution in [3.8, 4) is 5.75 Å². The Balaban J connectivity index is 1.43. The molecule has 1 N–H and O–H groups in total. The standard InChI is InChI=1S/C22H21NO4/c1-14-11-21(25)27-19-12-17(9-10-18(14)19)26-13-20(24)23-22(16-7-8-16)15-5-3-2-4-6-15/h2-6,9-12,16,22H,7-8,13H2,1H3,(H,23,24). The summed E-state index contributed by atoms with van der Waals surface area (Å²) in [6.45, 7) is 1.77. The molecule has 1 heterocycles. The number of carbonyl (C=O) groups is 1. The normalized spacial score (nSPS) is 14.7. The van der Waals surface area contributed by atoms with E-state index in [0.29, 0.717) is 17.3 Å². The maximum atomic E-state index is 12.4. The Morgan fingerprint density at radius 2 is 1.96 bits per heavy atom. The summed E-state index contributed by atoms with van der Waals surface area (Å²) in [4.78, 5) is 23.9. The van der Waals surface area contributed by atoms with E-state index >= 15 is 0 Å². The zero-order chi connectivity index (χ0) is 18.8. The van der Waals surface area contributed by atoms with Gasteiger partial charge in [0.25, 0.3) is 5.91 Å². The van der Waals surface area contributed by atoms with Gasteiger partial charge in [0.1, 0.15) is 11.3 Å². The molecule has 1 atom stereocenters. The molecule has 0 saturated heterocycles. The van der Waals surface area contributed by atoms with E-state index in [-0.39, 0.29) is 18.6 Å². The molecule has 1 aromatic heterocycles. The number of nitrogens with one attached hydrogen (secondary N) is 1. The molecule has 0 bridgehead atoms. The number of aryl methyl sites for hydroxylation is 1. The number of hydrogen-bond acceptors (Lipinski definition) is 4. The van der Waals surface area contributed by atoms with Gasteiger partial charge in [0.2, 0.25) is 0 Å². The molecule has 138 valence electrons. The highest BCUT2D eigenvalue weighted by molar-refractivity contribution is 5.82. The molecule has 1 unspecified atom stereocenters. The van der Waals surface area contributed by atoms with Gasteiger partial charge in [-0.1, -0.05) is 30.3 Å². The molecule has 0 aliphatic heterocycles. The Hall–Kier alpha value is -3.08. The molecular formula is C22H21NO4. The molecule has 5 nitrogen and oxygen atoms in total. The summed E-state index contributed by atoms with van der Waals surface area (Å²) < 4.78 is 10.8. The highest BCUT2D eigenvalue weighted by Gasteiger charge is 2.33. The van der Waals surface area contributed by atoms with Crippen molar-refractivity contribution in [3.05, 3.63) is 76.1 Å². The van der Waals surface area contributed by atoms with Gasteiger partial charge >= 0.3 is 5.63 Å². The number of amides is 1. The van der Waals surface area contributed by atoms with Crippen LogP contribution in [-0.4, -0.2) is 12.5 Å². The smallest absolute Gasteiger partial charge is 0.336 e. The molecule has 1 aliphatic rings. The minimum Gasteiger partial charge on any atom is -0.484 e. The third kappa shape index (κ3) is 4.03. The Morgan fingerprint density at radius 3 is 2.70 bits per heavy atom. The fraction of sp³-hybridized carbons (Fsp3) is 0.273. The summed E-state index contributed by atoms with van der Waals surface area (Å²) in [5.74, 6) is 0.824. The minimum atomic E-state index is -0.398. The lowest BCUT2D eigenvalue weighted by Crippen LogP contribution is -2.33. The predicted molar refractivity (Wildman–Crippen MR) is 103 cm³/mol. The van der Waals surface area contributed by atoms with Crippen LogP contribution in [0.1, 0.15) is 30.0 Å². The Labute approximate surface area is 157 Å². The van der Waals surface area contributed by atoms with Gasteiger partial charge in [-0.25, -0.2) is 4.79 Å². The van der Waals surface area contributed by atoms with E-state index < -0.39 is 5.63 Å². The number of ether oxygens (including phenoxy) is 1. The minimum absolute atomic E-state index is 0.0274. The van der Waals surface area contributed by atoms with Crippen LogP contribution in [0.15, 0.2) is 63.8 Å². The van der Waals surface area contributed by atoms with Gasteiger partial charge in [0.15, 0.2) is 6.61 Å². The van der Waals surface area contributed by atoms with Crippen molar-refractivity contribution in [1.29, 1.82) is 0 Å². The maximum Gasteiger partial charge on any atom is 0.336 e. The molecule has 1 aliphatic carbocycles. The molecular weight excluding hydrogens is 342 g/mol. The summed E-state index contributed by atoms with van der Waals surface area (Å²) in [5, 5.41) is 3.93. The predicted octanol–water partition coefficient (Wildman–Crippen LogP) is 3.75. The summed E-state index contributed by atoms with van der Waals surface area (Å²) in [6.07, 6.45) is 2.26. The van der Waals surface area contributed by atoms with Crippen LogP contribution >= 0.6 is 0 Å². The second-order valence-corrected chi connectivity index (χ2v) is 6.99. The first-order valence-corrected chi connectivity index (χ1v) is 9.12. The van der Waals surface area contributed by atoms with Gasteiger partial charge in [0, 0.05) is 17.5 Å². The summed E-state index contributed by atoms with van der Waals surface area (Å²) in [7, 11) is 0. The second kappa shape index (κ2) is 7.27. The van der Waals surface area contributed by atoms with Crippen molar-refractivity contribution in [2.75, 3.05) is 6.61 Å². The van der Waals surface area contributed by atoms with Crippen LogP contribution < -0.4 is 15.7 Å². The molecule has 0 radical (unpaired) electrons. The van der Waals surface area contributed by atoms with E-state index in [4.69, 9.17) is 9.15 Å². The number of hydrogen-bond donors (Lipinski definition) is 1. The number of rotatable bonds is 6. The Bertz CT molecular complexity index is 1020. The van der Waals surface area contributed by atoms with Crippen molar-refractivity contribution in [2.24, 2.45) is 5.92 Å². The molecule has 1 saturated carbocycles. The Morgan fingerprint density at radius 1 is 1.19 bits per heavy atom. The zero-order valence-electron chi connectivity index (χ0n) is 15.1. The van der Waals surface area contributed by atoms with Crippen molar-refractivity contribution < 1.29 is 13.9 Å². The van der Waals surface area contributed by atoms with Crippen LogP contribution in [0.3, 0.4) is 0 Å². The van der Waals surface area contributed by atoms with Gasteiger partial charge in [-0.2, -0.15) is 0 Å². The second-order valence-electron chi connectivity index (χ2n) is 6.99. The molecule has 1 amide bonds. The quantitative estimate of drug-likeness (QED) is 0.677. The highest BCUT2D eigenvalue weighted by atomic mass is 16.5. The average molecular weight is 363 g/mol. The van der Waals surface area contributed by atoms with Crippen LogP contribution in [-0.2, 0) is 4.79 Å². The van der Waals surface area contributed by atoms with Crippen LogP contribution in [0.2, 0.25) is 0 Å². The monoisotopic (exact) mass is 363 g/mol. The lowest BCUT2D eigenvalue weighted by Gasteiger charge is -2.19. The first kappa shape index (κ1) is 17.3. The summed E-state index contributed by atoms with van der Waals surface area (Å²) >= 11 is 0. The number of benzene rings is 2. The Kier molecular flexibility index (Phi) is 4.67. The van der Waals surface area contributed by atoms with Gasteiger partial charge in [0.05, 0.1) is 6.04 Å². The molecule has 5 heteroatoms. The van der Waals surface area contributed by atoms with Gasteiger partial charge < -0.3 is 14.5 Å². The average Bonchev–Trinajstić information content (AvgIpc) is 3.50. The SMILES string of the molecule is Cc1cc(=O)oc2cc(OCC(=O)NC(c3ccccc3)C3CC3)ccc12. The number of carbonyl (C=O) groups excluding carboxylic acids is 1. The lowest BCUT2D eigenvalue weighted by atomic mass is 10.0. The van der Waals surface area contributed by atoms with Crippen LogP contribution in [0.25, 0.3) is 11.0 Å². The number of fused-ring (bicyclic) bond motifs is 1. The van der Waals surface area contributed by atoms with E-state index in [0.717, 1.165) is 29.4 Å². The van der Waals surface area contributed by atoms with E-state index in [2.05, 4.69) is 5.32 Å². The molecule has 3 aromatic rings. The van der Waals surface area contributed by atoms with Crippen LogP contribution in [0, 0.1) is 12.8 Å². The fourth-order valence-electron chi connectivity index (χ4n) is 3.32. The largest absolute Gasteiger partial charge is 0.484 e. The first-order valence-electron chi connectivity index (χ1n) is 9.12. The summed E-state index contributed by atoms with van der Waals surface area (Å²) in [5.41, 5.74) is 2.03. The fourth-order valence-corrected chi connectivity index (χ4v) is 3.32. The molecule has 2 aromatic carbocycles. The van der Waals surface area contributed by atoms with Gasteiger partial charge in [-0.15, -0.1) is 0 Å². The maximum absolute atomic E-state index is 12.4. The van der Waals surface area contributed by atoms with E-state index in [9.17, 15) is 9.59 Å². The van der Waals surface area contributed by atoms with Gasteiger partial charge in [-0.3, -0.25) is 4.79 Å². The molecule has 1 fully saturated rings.